The standard InChI is InChI=1S/C18H16N4/c1-12-6-4-5-7-16(12)22-13(2)21(3)18-15(11-20)8-14(10-19)9-17(18)22/h4-9,13H,1-3H3/t13-/m0/s1. The molecular formula is C18H16N4. The van der Waals surface area contributed by atoms with Crippen LogP contribution in [0.25, 0.3) is 0 Å². The molecule has 0 amide bonds. The van der Waals surface area contributed by atoms with Crippen LogP contribution in [0.15, 0.2) is 36.4 Å². The van der Waals surface area contributed by atoms with Crippen LogP contribution in [-0.2, 0) is 0 Å². The van der Waals surface area contributed by atoms with Crippen LogP contribution in [0.4, 0.5) is 17.1 Å². The average molecular weight is 288 g/mol. The van der Waals surface area contributed by atoms with E-state index in [0.29, 0.717) is 11.1 Å². The first kappa shape index (κ1) is 14.0. The Balaban J connectivity index is 2.29. The summed E-state index contributed by atoms with van der Waals surface area (Å²) >= 11 is 0. The van der Waals surface area contributed by atoms with Crippen molar-refractivity contribution in [1.29, 1.82) is 10.5 Å². The Kier molecular flexibility index (Phi) is 3.23. The Hall–Kier alpha value is -2.98. The predicted molar refractivity (Wildman–Crippen MR) is 87.1 cm³/mol. The van der Waals surface area contributed by atoms with Crippen LogP contribution in [0, 0.1) is 29.6 Å². The molecule has 108 valence electrons. The van der Waals surface area contributed by atoms with E-state index in [1.807, 2.05) is 25.2 Å². The molecule has 0 saturated carbocycles. The fraction of sp³-hybridized carbons (Fsp3) is 0.222. The lowest BCUT2D eigenvalue weighted by Crippen LogP contribution is -2.36. The van der Waals surface area contributed by atoms with Gasteiger partial charge in [0.05, 0.1) is 28.6 Å². The van der Waals surface area contributed by atoms with Gasteiger partial charge in [-0.05, 0) is 37.6 Å². The summed E-state index contributed by atoms with van der Waals surface area (Å²) in [6.07, 6.45) is 0.0807. The van der Waals surface area contributed by atoms with Gasteiger partial charge in [0.25, 0.3) is 0 Å². The number of nitriles is 2. The van der Waals surface area contributed by atoms with Crippen LogP contribution < -0.4 is 9.80 Å². The predicted octanol–water partition coefficient (Wildman–Crippen LogP) is 3.67. The van der Waals surface area contributed by atoms with E-state index in [2.05, 4.69) is 47.9 Å². The normalized spacial score (nSPS) is 16.1. The van der Waals surface area contributed by atoms with Gasteiger partial charge in [-0.15, -0.1) is 0 Å². The van der Waals surface area contributed by atoms with Gasteiger partial charge in [0, 0.05) is 12.7 Å². The summed E-state index contributed by atoms with van der Waals surface area (Å²) in [5.74, 6) is 0. The van der Waals surface area contributed by atoms with Crippen molar-refractivity contribution in [1.82, 2.24) is 0 Å². The summed E-state index contributed by atoms with van der Waals surface area (Å²) in [7, 11) is 1.98. The highest BCUT2D eigenvalue weighted by Gasteiger charge is 2.34. The van der Waals surface area contributed by atoms with E-state index in [1.54, 1.807) is 6.07 Å². The molecule has 1 atom stereocenters. The van der Waals surface area contributed by atoms with Crippen LogP contribution in [0.5, 0.6) is 0 Å². The van der Waals surface area contributed by atoms with E-state index in [-0.39, 0.29) is 6.17 Å². The first-order valence-corrected chi connectivity index (χ1v) is 7.14. The molecule has 0 saturated heterocycles. The van der Waals surface area contributed by atoms with Crippen molar-refractivity contribution >= 4 is 17.1 Å². The molecule has 1 aliphatic rings. The zero-order valence-electron chi connectivity index (χ0n) is 12.8. The van der Waals surface area contributed by atoms with Crippen molar-refractivity contribution in [3.05, 3.63) is 53.1 Å². The zero-order valence-corrected chi connectivity index (χ0v) is 12.8. The van der Waals surface area contributed by atoms with Gasteiger partial charge in [-0.25, -0.2) is 0 Å². The van der Waals surface area contributed by atoms with Gasteiger partial charge in [0.2, 0.25) is 0 Å². The molecule has 4 heteroatoms. The largest absolute Gasteiger partial charge is 0.351 e. The molecule has 2 aromatic rings. The molecule has 0 aliphatic carbocycles. The fourth-order valence-corrected chi connectivity index (χ4v) is 3.05. The first-order chi connectivity index (χ1) is 10.6. The summed E-state index contributed by atoms with van der Waals surface area (Å²) in [6, 6.07) is 16.0. The van der Waals surface area contributed by atoms with Crippen LogP contribution in [0.1, 0.15) is 23.6 Å². The Morgan fingerprint density at radius 1 is 1.05 bits per heavy atom. The highest BCUT2D eigenvalue weighted by Crippen LogP contribution is 2.46. The molecule has 0 aromatic heterocycles. The SMILES string of the molecule is Cc1ccccc1N1c2cc(C#N)cc(C#N)c2N(C)[C@@H]1C. The van der Waals surface area contributed by atoms with Gasteiger partial charge >= 0.3 is 0 Å². The molecular weight excluding hydrogens is 272 g/mol. The van der Waals surface area contributed by atoms with Crippen molar-refractivity contribution in [3.63, 3.8) is 0 Å². The Morgan fingerprint density at radius 3 is 2.41 bits per heavy atom. The van der Waals surface area contributed by atoms with Gasteiger partial charge in [-0.2, -0.15) is 10.5 Å². The second kappa shape index (κ2) is 5.09. The number of rotatable bonds is 1. The smallest absolute Gasteiger partial charge is 0.103 e. The molecule has 4 nitrogen and oxygen atoms in total. The van der Waals surface area contributed by atoms with Crippen LogP contribution in [-0.4, -0.2) is 13.2 Å². The van der Waals surface area contributed by atoms with Crippen molar-refractivity contribution in [2.45, 2.75) is 20.0 Å². The third-order valence-electron chi connectivity index (χ3n) is 4.26. The molecule has 0 bridgehead atoms. The molecule has 2 aromatic carbocycles. The maximum Gasteiger partial charge on any atom is 0.103 e. The van der Waals surface area contributed by atoms with Gasteiger partial charge in [0.15, 0.2) is 0 Å². The third-order valence-corrected chi connectivity index (χ3v) is 4.26. The first-order valence-electron chi connectivity index (χ1n) is 7.14. The number of fused-ring (bicyclic) bond motifs is 1. The van der Waals surface area contributed by atoms with E-state index in [1.165, 1.54) is 0 Å². The van der Waals surface area contributed by atoms with Crippen molar-refractivity contribution in [2.75, 3.05) is 16.8 Å². The van der Waals surface area contributed by atoms with E-state index >= 15 is 0 Å². The zero-order chi connectivity index (χ0) is 15.9. The van der Waals surface area contributed by atoms with E-state index in [0.717, 1.165) is 22.6 Å². The van der Waals surface area contributed by atoms with Crippen LogP contribution in [0.2, 0.25) is 0 Å². The third kappa shape index (κ3) is 1.89. The van der Waals surface area contributed by atoms with Gasteiger partial charge in [-0.3, -0.25) is 0 Å². The summed E-state index contributed by atoms with van der Waals surface area (Å²) < 4.78 is 0. The van der Waals surface area contributed by atoms with Crippen molar-refractivity contribution in [3.8, 4) is 12.1 Å². The fourth-order valence-electron chi connectivity index (χ4n) is 3.05. The molecule has 1 heterocycles. The minimum absolute atomic E-state index is 0.0807. The molecule has 0 N–H and O–H groups in total. The quantitative estimate of drug-likeness (QED) is 0.803. The second-order valence-corrected chi connectivity index (χ2v) is 5.51. The lowest BCUT2D eigenvalue weighted by molar-refractivity contribution is 0.732. The molecule has 22 heavy (non-hydrogen) atoms. The summed E-state index contributed by atoms with van der Waals surface area (Å²) in [6.45, 7) is 4.17. The van der Waals surface area contributed by atoms with E-state index in [9.17, 15) is 10.5 Å². The second-order valence-electron chi connectivity index (χ2n) is 5.51. The lowest BCUT2D eigenvalue weighted by Gasteiger charge is -2.28. The lowest BCUT2D eigenvalue weighted by atomic mass is 10.1. The van der Waals surface area contributed by atoms with Crippen LogP contribution in [0.3, 0.4) is 0 Å². The summed E-state index contributed by atoms with van der Waals surface area (Å²) in [5.41, 5.74) is 5.11. The number of anilines is 3. The summed E-state index contributed by atoms with van der Waals surface area (Å²) in [5, 5.41) is 18.7. The maximum atomic E-state index is 9.43. The molecule has 3 rings (SSSR count). The average Bonchev–Trinajstić information content (AvgIpc) is 2.79. The van der Waals surface area contributed by atoms with Gasteiger partial charge < -0.3 is 9.80 Å². The summed E-state index contributed by atoms with van der Waals surface area (Å²) in [4.78, 5) is 4.27. The van der Waals surface area contributed by atoms with Gasteiger partial charge in [0.1, 0.15) is 12.2 Å². The van der Waals surface area contributed by atoms with Gasteiger partial charge in [-0.1, -0.05) is 18.2 Å². The minimum atomic E-state index is 0.0807. The van der Waals surface area contributed by atoms with Crippen molar-refractivity contribution in [2.24, 2.45) is 0 Å². The monoisotopic (exact) mass is 288 g/mol. The highest BCUT2D eigenvalue weighted by atomic mass is 15.4. The maximum absolute atomic E-state index is 9.43. The molecule has 0 radical (unpaired) electrons. The topological polar surface area (TPSA) is 54.1 Å². The van der Waals surface area contributed by atoms with E-state index < -0.39 is 0 Å². The molecule has 0 spiro atoms. The number of benzene rings is 2. The minimum Gasteiger partial charge on any atom is -0.351 e. The number of aryl methyl sites for hydroxylation is 1. The van der Waals surface area contributed by atoms with Crippen molar-refractivity contribution < 1.29 is 0 Å². The Morgan fingerprint density at radius 2 is 1.77 bits per heavy atom. The highest BCUT2D eigenvalue weighted by molar-refractivity contribution is 5.88. The number of para-hydroxylation sites is 1. The number of hydrogen-bond donors (Lipinski definition) is 0. The number of nitrogens with zero attached hydrogens (tertiary/aromatic N) is 4. The van der Waals surface area contributed by atoms with Crippen LogP contribution >= 0.6 is 0 Å². The Labute approximate surface area is 130 Å². The van der Waals surface area contributed by atoms with E-state index in [4.69, 9.17) is 0 Å². The number of hydrogen-bond acceptors (Lipinski definition) is 4. The molecule has 0 fully saturated rings. The Bertz CT molecular complexity index is 826. The molecule has 0 unspecified atom stereocenters. The molecule has 1 aliphatic heterocycles.